The second-order valence-corrected chi connectivity index (χ2v) is 6.13. The Labute approximate surface area is 136 Å². The number of aromatic nitrogens is 2. The number of anilines is 1. The summed E-state index contributed by atoms with van der Waals surface area (Å²) in [6.45, 7) is 8.11. The van der Waals surface area contributed by atoms with E-state index >= 15 is 0 Å². The van der Waals surface area contributed by atoms with Crippen LogP contribution in [-0.4, -0.2) is 15.3 Å². The van der Waals surface area contributed by atoms with Crippen LogP contribution in [0.25, 0.3) is 5.65 Å². The van der Waals surface area contributed by atoms with Crippen LogP contribution in [0.2, 0.25) is 0 Å². The topological polar surface area (TPSA) is 46.4 Å². The minimum Gasteiger partial charge on any atom is -0.320 e. The van der Waals surface area contributed by atoms with Crippen LogP contribution in [0.5, 0.6) is 0 Å². The minimum absolute atomic E-state index is 0.131. The number of aryl methyl sites for hydroxylation is 2. The van der Waals surface area contributed by atoms with Crippen molar-refractivity contribution >= 4 is 17.2 Å². The van der Waals surface area contributed by atoms with E-state index in [-0.39, 0.29) is 5.91 Å². The van der Waals surface area contributed by atoms with Gasteiger partial charge in [-0.2, -0.15) is 0 Å². The Morgan fingerprint density at radius 3 is 2.61 bits per heavy atom. The zero-order chi connectivity index (χ0) is 16.6. The number of amides is 1. The first-order chi connectivity index (χ1) is 11.0. The van der Waals surface area contributed by atoms with E-state index in [0.29, 0.717) is 11.6 Å². The SMILES string of the molecule is Cc1nc2c(C)cccn2c1C(=O)Nc1ccccc1C(C)C. The van der Waals surface area contributed by atoms with Crippen molar-refractivity contribution in [2.75, 3.05) is 5.32 Å². The van der Waals surface area contributed by atoms with Crippen molar-refractivity contribution < 1.29 is 4.79 Å². The maximum Gasteiger partial charge on any atom is 0.274 e. The van der Waals surface area contributed by atoms with Crippen LogP contribution in [0.15, 0.2) is 42.6 Å². The molecule has 4 heteroatoms. The van der Waals surface area contributed by atoms with Gasteiger partial charge in [-0.05, 0) is 43.0 Å². The average molecular weight is 307 g/mol. The molecule has 0 atom stereocenters. The maximum atomic E-state index is 12.8. The van der Waals surface area contributed by atoms with Gasteiger partial charge < -0.3 is 5.32 Å². The molecule has 1 N–H and O–H groups in total. The van der Waals surface area contributed by atoms with Crippen molar-refractivity contribution in [1.29, 1.82) is 0 Å². The summed E-state index contributed by atoms with van der Waals surface area (Å²) in [5.41, 5.74) is 5.18. The molecule has 0 bridgehead atoms. The Bertz CT molecular complexity index is 877. The molecule has 0 saturated heterocycles. The molecule has 0 radical (unpaired) electrons. The molecule has 3 aromatic rings. The normalized spacial score (nSPS) is 11.2. The van der Waals surface area contributed by atoms with Crippen LogP contribution >= 0.6 is 0 Å². The smallest absolute Gasteiger partial charge is 0.274 e. The fraction of sp³-hybridized carbons (Fsp3) is 0.263. The molecule has 2 aromatic heterocycles. The number of para-hydroxylation sites is 1. The number of carbonyl (C=O) groups is 1. The standard InChI is InChI=1S/C19H21N3O/c1-12(2)15-9-5-6-10-16(15)21-19(23)17-14(4)20-18-13(3)8-7-11-22(17)18/h5-12H,1-4H3,(H,21,23). The lowest BCUT2D eigenvalue weighted by Crippen LogP contribution is -2.17. The number of benzene rings is 1. The molecule has 2 heterocycles. The quantitative estimate of drug-likeness (QED) is 0.783. The summed E-state index contributed by atoms with van der Waals surface area (Å²) in [7, 11) is 0. The van der Waals surface area contributed by atoms with Gasteiger partial charge in [0.2, 0.25) is 0 Å². The fourth-order valence-electron chi connectivity index (χ4n) is 2.89. The molecule has 1 aromatic carbocycles. The Morgan fingerprint density at radius 1 is 1.13 bits per heavy atom. The number of pyridine rings is 1. The van der Waals surface area contributed by atoms with Crippen molar-refractivity contribution in [2.24, 2.45) is 0 Å². The van der Waals surface area contributed by atoms with Crippen LogP contribution in [0.3, 0.4) is 0 Å². The lowest BCUT2D eigenvalue weighted by molar-refractivity contribution is 0.102. The van der Waals surface area contributed by atoms with Crippen molar-refractivity contribution in [2.45, 2.75) is 33.6 Å². The monoisotopic (exact) mass is 307 g/mol. The molecular formula is C19H21N3O. The molecule has 0 aliphatic heterocycles. The number of carbonyl (C=O) groups excluding carboxylic acids is 1. The Kier molecular flexibility index (Phi) is 3.90. The highest BCUT2D eigenvalue weighted by molar-refractivity contribution is 6.05. The van der Waals surface area contributed by atoms with Crippen LogP contribution in [0.4, 0.5) is 5.69 Å². The highest BCUT2D eigenvalue weighted by Crippen LogP contribution is 2.25. The van der Waals surface area contributed by atoms with Crippen LogP contribution in [0, 0.1) is 13.8 Å². The van der Waals surface area contributed by atoms with Crippen molar-refractivity contribution in [3.05, 3.63) is 65.1 Å². The zero-order valence-corrected chi connectivity index (χ0v) is 13.9. The van der Waals surface area contributed by atoms with E-state index < -0.39 is 0 Å². The van der Waals surface area contributed by atoms with Gasteiger partial charge in [0.15, 0.2) is 0 Å². The molecule has 0 fully saturated rings. The first-order valence-electron chi connectivity index (χ1n) is 7.83. The first kappa shape index (κ1) is 15.3. The predicted octanol–water partition coefficient (Wildman–Crippen LogP) is 4.33. The lowest BCUT2D eigenvalue weighted by Gasteiger charge is -2.13. The number of hydrogen-bond acceptors (Lipinski definition) is 2. The summed E-state index contributed by atoms with van der Waals surface area (Å²) in [5, 5.41) is 3.05. The number of imidazole rings is 1. The minimum atomic E-state index is -0.131. The van der Waals surface area contributed by atoms with Crippen LogP contribution in [0.1, 0.15) is 47.1 Å². The van der Waals surface area contributed by atoms with E-state index in [9.17, 15) is 4.79 Å². The molecule has 0 aliphatic rings. The molecule has 0 saturated carbocycles. The Morgan fingerprint density at radius 2 is 1.87 bits per heavy atom. The summed E-state index contributed by atoms with van der Waals surface area (Å²) in [6, 6.07) is 11.9. The number of rotatable bonds is 3. The van der Waals surface area contributed by atoms with Gasteiger partial charge in [-0.15, -0.1) is 0 Å². The van der Waals surface area contributed by atoms with Crippen LogP contribution < -0.4 is 5.32 Å². The van der Waals surface area contributed by atoms with E-state index in [2.05, 4.69) is 24.1 Å². The van der Waals surface area contributed by atoms with Crippen molar-refractivity contribution in [3.63, 3.8) is 0 Å². The summed E-state index contributed by atoms with van der Waals surface area (Å²) in [6.07, 6.45) is 1.88. The average Bonchev–Trinajstić information content (AvgIpc) is 2.85. The van der Waals surface area contributed by atoms with Gasteiger partial charge in [0.05, 0.1) is 5.69 Å². The number of nitrogens with one attached hydrogen (secondary N) is 1. The number of hydrogen-bond donors (Lipinski definition) is 1. The lowest BCUT2D eigenvalue weighted by atomic mass is 10.0. The van der Waals surface area contributed by atoms with Gasteiger partial charge >= 0.3 is 0 Å². The Hall–Kier alpha value is -2.62. The third-order valence-corrected chi connectivity index (χ3v) is 4.07. The molecule has 1 amide bonds. The molecule has 4 nitrogen and oxygen atoms in total. The van der Waals surface area contributed by atoms with E-state index in [4.69, 9.17) is 0 Å². The highest BCUT2D eigenvalue weighted by Gasteiger charge is 2.18. The summed E-state index contributed by atoms with van der Waals surface area (Å²) < 4.78 is 1.86. The third kappa shape index (κ3) is 2.72. The van der Waals surface area contributed by atoms with Gasteiger partial charge in [0.1, 0.15) is 11.3 Å². The second kappa shape index (κ2) is 5.88. The molecule has 23 heavy (non-hydrogen) atoms. The number of fused-ring (bicyclic) bond motifs is 1. The molecule has 3 rings (SSSR count). The van der Waals surface area contributed by atoms with E-state index in [1.165, 1.54) is 0 Å². The molecule has 0 aliphatic carbocycles. The third-order valence-electron chi connectivity index (χ3n) is 4.07. The summed E-state index contributed by atoms with van der Waals surface area (Å²) in [4.78, 5) is 17.4. The molecule has 0 unspecified atom stereocenters. The van der Waals surface area contributed by atoms with E-state index in [1.54, 1.807) is 0 Å². The first-order valence-corrected chi connectivity index (χ1v) is 7.83. The van der Waals surface area contributed by atoms with Gasteiger partial charge in [0.25, 0.3) is 5.91 Å². The van der Waals surface area contributed by atoms with Gasteiger partial charge in [-0.3, -0.25) is 9.20 Å². The molecule has 118 valence electrons. The summed E-state index contributed by atoms with van der Waals surface area (Å²) >= 11 is 0. The van der Waals surface area contributed by atoms with Gasteiger partial charge in [-0.1, -0.05) is 38.1 Å². The largest absolute Gasteiger partial charge is 0.320 e. The van der Waals surface area contributed by atoms with Gasteiger partial charge in [-0.25, -0.2) is 4.98 Å². The summed E-state index contributed by atoms with van der Waals surface area (Å²) in [5.74, 6) is 0.214. The molecule has 0 spiro atoms. The molecular weight excluding hydrogens is 286 g/mol. The number of nitrogens with zero attached hydrogens (tertiary/aromatic N) is 2. The highest BCUT2D eigenvalue weighted by atomic mass is 16.2. The fourth-order valence-corrected chi connectivity index (χ4v) is 2.89. The second-order valence-electron chi connectivity index (χ2n) is 6.13. The maximum absolute atomic E-state index is 12.8. The Balaban J connectivity index is 2.03. The zero-order valence-electron chi connectivity index (χ0n) is 13.9. The van der Waals surface area contributed by atoms with Crippen LogP contribution in [-0.2, 0) is 0 Å². The van der Waals surface area contributed by atoms with Crippen molar-refractivity contribution in [1.82, 2.24) is 9.38 Å². The van der Waals surface area contributed by atoms with Gasteiger partial charge in [0, 0.05) is 11.9 Å². The van der Waals surface area contributed by atoms with E-state index in [1.807, 2.05) is 60.8 Å². The van der Waals surface area contributed by atoms with Crippen molar-refractivity contribution in [3.8, 4) is 0 Å². The van der Waals surface area contributed by atoms with E-state index in [0.717, 1.165) is 28.2 Å². The predicted molar refractivity (Wildman–Crippen MR) is 93.2 cm³/mol.